The number of hydrogen-bond acceptors (Lipinski definition) is 5. The molecular weight excluding hydrogens is 390 g/mol. The van der Waals surface area contributed by atoms with Crippen LogP contribution in [0.15, 0.2) is 66.2 Å². The zero-order chi connectivity index (χ0) is 20.2. The highest BCUT2D eigenvalue weighted by Gasteiger charge is 2.22. The minimum absolute atomic E-state index is 0.687. The Morgan fingerprint density at radius 3 is 2.60 bits per heavy atom. The molecule has 1 fully saturated rings. The van der Waals surface area contributed by atoms with Crippen molar-refractivity contribution in [1.29, 1.82) is 0 Å². The summed E-state index contributed by atoms with van der Waals surface area (Å²) in [7, 11) is 0. The number of piperidine rings is 1. The Hall–Kier alpha value is -2.70. The van der Waals surface area contributed by atoms with Gasteiger partial charge in [-0.25, -0.2) is 9.97 Å². The lowest BCUT2D eigenvalue weighted by Gasteiger charge is -2.31. The third-order valence-electron chi connectivity index (χ3n) is 5.96. The van der Waals surface area contributed by atoms with Gasteiger partial charge >= 0.3 is 0 Å². The molecule has 4 aromatic rings. The van der Waals surface area contributed by atoms with Crippen molar-refractivity contribution in [1.82, 2.24) is 19.4 Å². The van der Waals surface area contributed by atoms with Crippen molar-refractivity contribution in [2.45, 2.75) is 19.3 Å². The molecule has 1 aliphatic rings. The maximum Gasteiger partial charge on any atom is 0.182 e. The molecule has 0 saturated carbocycles. The first-order chi connectivity index (χ1) is 14.9. The highest BCUT2D eigenvalue weighted by Crippen LogP contribution is 2.26. The van der Waals surface area contributed by atoms with Gasteiger partial charge in [-0.05, 0) is 56.1 Å². The summed E-state index contributed by atoms with van der Waals surface area (Å²) in [5, 5.41) is 6.44. The lowest BCUT2D eigenvalue weighted by atomic mass is 9.93. The minimum atomic E-state index is 0.687. The summed E-state index contributed by atoms with van der Waals surface area (Å²) in [5.74, 6) is 1.87. The lowest BCUT2D eigenvalue weighted by Crippen LogP contribution is -2.37. The molecule has 0 amide bonds. The van der Waals surface area contributed by atoms with Crippen molar-refractivity contribution in [3.05, 3.63) is 72.0 Å². The van der Waals surface area contributed by atoms with Gasteiger partial charge in [0, 0.05) is 36.8 Å². The van der Waals surface area contributed by atoms with Gasteiger partial charge in [0.2, 0.25) is 0 Å². The molecule has 3 heterocycles. The Morgan fingerprint density at radius 1 is 1.00 bits per heavy atom. The van der Waals surface area contributed by atoms with E-state index in [-0.39, 0.29) is 0 Å². The molecule has 0 radical (unpaired) electrons. The molecule has 1 N–H and O–H groups in total. The van der Waals surface area contributed by atoms with Crippen LogP contribution in [0.5, 0.6) is 0 Å². The minimum Gasteiger partial charge on any atom is -0.360 e. The van der Waals surface area contributed by atoms with Gasteiger partial charge in [0.1, 0.15) is 5.82 Å². The van der Waals surface area contributed by atoms with Crippen molar-refractivity contribution in [2.24, 2.45) is 5.92 Å². The molecule has 0 unspecified atom stereocenters. The normalized spacial score (nSPS) is 15.6. The molecule has 2 aromatic heterocycles. The predicted molar refractivity (Wildman–Crippen MR) is 125 cm³/mol. The largest absolute Gasteiger partial charge is 0.360 e. The Kier molecular flexibility index (Phi) is 5.77. The molecule has 5 nitrogen and oxygen atoms in total. The second kappa shape index (κ2) is 8.98. The number of nitrogens with one attached hydrogen (secondary N) is 1. The van der Waals surface area contributed by atoms with Gasteiger partial charge in [-0.15, -0.1) is 11.3 Å². The van der Waals surface area contributed by atoms with Gasteiger partial charge in [-0.2, -0.15) is 0 Å². The molecule has 0 atom stereocenters. The molecule has 30 heavy (non-hydrogen) atoms. The third-order valence-corrected chi connectivity index (χ3v) is 6.69. The maximum absolute atomic E-state index is 5.01. The van der Waals surface area contributed by atoms with E-state index in [1.54, 1.807) is 11.3 Å². The zero-order valence-corrected chi connectivity index (χ0v) is 17.9. The Labute approximate surface area is 181 Å². The van der Waals surface area contributed by atoms with E-state index in [4.69, 9.17) is 4.98 Å². The van der Waals surface area contributed by atoms with E-state index < -0.39 is 0 Å². The van der Waals surface area contributed by atoms with E-state index in [0.29, 0.717) is 5.92 Å². The van der Waals surface area contributed by atoms with Crippen LogP contribution in [0, 0.1) is 5.92 Å². The quantitative estimate of drug-likeness (QED) is 0.467. The second-order valence-corrected chi connectivity index (χ2v) is 8.84. The first kappa shape index (κ1) is 19.3. The van der Waals surface area contributed by atoms with E-state index in [2.05, 4.69) is 74.4 Å². The van der Waals surface area contributed by atoms with Gasteiger partial charge in [-0.1, -0.05) is 30.3 Å². The van der Waals surface area contributed by atoms with Crippen LogP contribution in [0.4, 0.5) is 5.13 Å². The monoisotopic (exact) mass is 417 g/mol. The molecule has 0 spiro atoms. The summed E-state index contributed by atoms with van der Waals surface area (Å²) in [6, 6.07) is 19.1. The molecule has 1 saturated heterocycles. The average molecular weight is 418 g/mol. The molecule has 154 valence electrons. The molecule has 6 heteroatoms. The number of aromatic nitrogens is 3. The number of benzene rings is 2. The zero-order valence-electron chi connectivity index (χ0n) is 17.1. The number of imidazole rings is 1. The van der Waals surface area contributed by atoms with Crippen LogP contribution in [0.1, 0.15) is 18.7 Å². The van der Waals surface area contributed by atoms with E-state index in [1.807, 2.05) is 11.6 Å². The second-order valence-electron chi connectivity index (χ2n) is 7.94. The van der Waals surface area contributed by atoms with Crippen molar-refractivity contribution >= 4 is 27.5 Å². The smallest absolute Gasteiger partial charge is 0.182 e. The Morgan fingerprint density at radius 2 is 1.80 bits per heavy atom. The number of thiazole rings is 1. The molecule has 0 bridgehead atoms. The van der Waals surface area contributed by atoms with Crippen LogP contribution < -0.4 is 5.32 Å². The van der Waals surface area contributed by atoms with Crippen LogP contribution in [0.2, 0.25) is 0 Å². The lowest BCUT2D eigenvalue weighted by molar-refractivity contribution is 0.188. The van der Waals surface area contributed by atoms with Crippen LogP contribution in [-0.2, 0) is 6.42 Å². The summed E-state index contributed by atoms with van der Waals surface area (Å²) < 4.78 is 2.35. The third kappa shape index (κ3) is 4.25. The average Bonchev–Trinajstić information content (AvgIpc) is 3.43. The fourth-order valence-corrected chi connectivity index (χ4v) is 4.94. The summed E-state index contributed by atoms with van der Waals surface area (Å²) in [5.41, 5.74) is 3.48. The van der Waals surface area contributed by atoms with Gasteiger partial charge < -0.3 is 10.2 Å². The number of anilines is 1. The van der Waals surface area contributed by atoms with Crippen LogP contribution in [-0.4, -0.2) is 45.6 Å². The fraction of sp³-hybridized carbons (Fsp3) is 0.333. The van der Waals surface area contributed by atoms with Gasteiger partial charge in [0.15, 0.2) is 5.13 Å². The topological polar surface area (TPSA) is 46.0 Å². The summed E-state index contributed by atoms with van der Waals surface area (Å²) in [6.45, 7) is 4.36. The summed E-state index contributed by atoms with van der Waals surface area (Å²) in [6.07, 6.45) is 5.35. The standard InChI is InChI=1S/C24H27N5S/c1-2-6-20(7-3-1)29-22-9-5-4-8-21(22)27-23(29)18-19-10-14-28(15-11-19)16-12-25-24-26-13-17-30-24/h1-9,13,17,19H,10-12,14-16,18H2,(H,25,26). The highest BCUT2D eigenvalue weighted by molar-refractivity contribution is 7.13. The predicted octanol–water partition coefficient (Wildman–Crippen LogP) is 4.85. The fourth-order valence-electron chi connectivity index (χ4n) is 4.38. The van der Waals surface area contributed by atoms with Gasteiger partial charge in [0.25, 0.3) is 0 Å². The van der Waals surface area contributed by atoms with Gasteiger partial charge in [-0.3, -0.25) is 4.57 Å². The number of fused-ring (bicyclic) bond motifs is 1. The number of nitrogens with zero attached hydrogens (tertiary/aromatic N) is 4. The van der Waals surface area contributed by atoms with Crippen molar-refractivity contribution in [2.75, 3.05) is 31.5 Å². The Bertz CT molecular complexity index is 1070. The van der Waals surface area contributed by atoms with E-state index in [0.717, 1.165) is 43.2 Å². The summed E-state index contributed by atoms with van der Waals surface area (Å²) >= 11 is 1.66. The van der Waals surface area contributed by atoms with E-state index >= 15 is 0 Å². The van der Waals surface area contributed by atoms with Crippen LogP contribution in [0.3, 0.4) is 0 Å². The molecule has 1 aliphatic heterocycles. The van der Waals surface area contributed by atoms with Crippen LogP contribution in [0.25, 0.3) is 16.7 Å². The number of rotatable bonds is 7. The highest BCUT2D eigenvalue weighted by atomic mass is 32.1. The van der Waals surface area contributed by atoms with Crippen LogP contribution >= 0.6 is 11.3 Å². The molecule has 0 aliphatic carbocycles. The van der Waals surface area contributed by atoms with Crippen molar-refractivity contribution in [3.63, 3.8) is 0 Å². The first-order valence-corrected chi connectivity index (χ1v) is 11.6. The van der Waals surface area contributed by atoms with Crippen molar-refractivity contribution < 1.29 is 0 Å². The molecule has 5 rings (SSSR count). The molecule has 2 aromatic carbocycles. The van der Waals surface area contributed by atoms with E-state index in [1.165, 1.54) is 29.9 Å². The van der Waals surface area contributed by atoms with Crippen molar-refractivity contribution in [3.8, 4) is 5.69 Å². The first-order valence-electron chi connectivity index (χ1n) is 10.7. The molecular formula is C24H27N5S. The number of likely N-dealkylation sites (tertiary alicyclic amines) is 1. The van der Waals surface area contributed by atoms with E-state index in [9.17, 15) is 0 Å². The maximum atomic E-state index is 5.01. The van der Waals surface area contributed by atoms with Gasteiger partial charge in [0.05, 0.1) is 11.0 Å². The number of hydrogen-bond donors (Lipinski definition) is 1. The summed E-state index contributed by atoms with van der Waals surface area (Å²) in [4.78, 5) is 11.9. The number of para-hydroxylation sites is 3. The SMILES string of the molecule is c1ccc(-n2c(CC3CCN(CCNc4nccs4)CC3)nc3ccccc32)cc1. The Balaban J connectivity index is 1.23.